The summed E-state index contributed by atoms with van der Waals surface area (Å²) in [6, 6.07) is 5.80. The SMILES string of the molecule is CCC(C)C1CN(c2cc(C)cc(F)c2)CCN1. The van der Waals surface area contributed by atoms with Gasteiger partial charge in [0.15, 0.2) is 0 Å². The van der Waals surface area contributed by atoms with Crippen molar-refractivity contribution in [2.75, 3.05) is 24.5 Å². The lowest BCUT2D eigenvalue weighted by atomic mass is 9.97. The molecule has 1 saturated heterocycles. The maximum Gasteiger partial charge on any atom is 0.125 e. The van der Waals surface area contributed by atoms with Gasteiger partial charge in [0.25, 0.3) is 0 Å². The minimum absolute atomic E-state index is 0.136. The first-order valence-corrected chi connectivity index (χ1v) is 6.85. The normalized spacial score (nSPS) is 22.0. The Bertz CT molecular complexity index is 385. The maximum atomic E-state index is 13.5. The van der Waals surface area contributed by atoms with Crippen LogP contribution in [0.15, 0.2) is 18.2 Å². The van der Waals surface area contributed by atoms with Crippen LogP contribution in [-0.2, 0) is 0 Å². The summed E-state index contributed by atoms with van der Waals surface area (Å²) in [5, 5.41) is 3.56. The molecule has 0 aromatic heterocycles. The highest BCUT2D eigenvalue weighted by molar-refractivity contribution is 5.49. The second-order valence-corrected chi connectivity index (χ2v) is 5.38. The monoisotopic (exact) mass is 250 g/mol. The lowest BCUT2D eigenvalue weighted by Crippen LogP contribution is -2.53. The van der Waals surface area contributed by atoms with Crippen molar-refractivity contribution < 1.29 is 4.39 Å². The molecule has 1 heterocycles. The Kier molecular flexibility index (Phi) is 4.23. The summed E-state index contributed by atoms with van der Waals surface area (Å²) in [7, 11) is 0. The maximum absolute atomic E-state index is 13.5. The van der Waals surface area contributed by atoms with Gasteiger partial charge in [0.2, 0.25) is 0 Å². The lowest BCUT2D eigenvalue weighted by Gasteiger charge is -2.38. The van der Waals surface area contributed by atoms with E-state index >= 15 is 0 Å². The molecule has 1 aromatic rings. The first-order valence-electron chi connectivity index (χ1n) is 6.85. The van der Waals surface area contributed by atoms with Gasteiger partial charge in [-0.05, 0) is 36.6 Å². The fourth-order valence-corrected chi connectivity index (χ4v) is 2.58. The number of hydrogen-bond acceptors (Lipinski definition) is 2. The van der Waals surface area contributed by atoms with Gasteiger partial charge in [0.05, 0.1) is 0 Å². The Morgan fingerprint density at radius 2 is 2.22 bits per heavy atom. The van der Waals surface area contributed by atoms with Crippen LogP contribution in [-0.4, -0.2) is 25.7 Å². The van der Waals surface area contributed by atoms with Crippen molar-refractivity contribution in [2.45, 2.75) is 33.2 Å². The van der Waals surface area contributed by atoms with Gasteiger partial charge in [0.1, 0.15) is 5.82 Å². The molecule has 0 aliphatic carbocycles. The van der Waals surface area contributed by atoms with E-state index in [-0.39, 0.29) is 5.82 Å². The molecule has 3 heteroatoms. The third kappa shape index (κ3) is 3.02. The van der Waals surface area contributed by atoms with Gasteiger partial charge in [-0.25, -0.2) is 4.39 Å². The van der Waals surface area contributed by atoms with Crippen molar-refractivity contribution in [3.05, 3.63) is 29.6 Å². The predicted molar refractivity (Wildman–Crippen MR) is 74.6 cm³/mol. The molecule has 18 heavy (non-hydrogen) atoms. The Morgan fingerprint density at radius 1 is 1.44 bits per heavy atom. The Balaban J connectivity index is 2.12. The molecule has 1 aliphatic rings. The number of nitrogens with one attached hydrogen (secondary N) is 1. The Hall–Kier alpha value is -1.09. The van der Waals surface area contributed by atoms with Crippen LogP contribution in [0.25, 0.3) is 0 Å². The van der Waals surface area contributed by atoms with Crippen LogP contribution in [0.4, 0.5) is 10.1 Å². The molecule has 1 aromatic carbocycles. The number of nitrogens with zero attached hydrogens (tertiary/aromatic N) is 1. The van der Waals surface area contributed by atoms with Crippen LogP contribution >= 0.6 is 0 Å². The third-order valence-corrected chi connectivity index (χ3v) is 3.93. The van der Waals surface area contributed by atoms with Gasteiger partial charge in [-0.15, -0.1) is 0 Å². The number of benzene rings is 1. The molecular weight excluding hydrogens is 227 g/mol. The number of rotatable bonds is 3. The molecule has 1 aliphatic heterocycles. The zero-order valence-electron chi connectivity index (χ0n) is 11.5. The quantitative estimate of drug-likeness (QED) is 0.887. The molecule has 0 bridgehead atoms. The van der Waals surface area contributed by atoms with Crippen LogP contribution in [0, 0.1) is 18.7 Å². The fourth-order valence-electron chi connectivity index (χ4n) is 2.58. The minimum atomic E-state index is -0.136. The largest absolute Gasteiger partial charge is 0.369 e. The average Bonchev–Trinajstić information content (AvgIpc) is 2.37. The second-order valence-electron chi connectivity index (χ2n) is 5.38. The number of halogens is 1. The number of hydrogen-bond donors (Lipinski definition) is 1. The van der Waals surface area contributed by atoms with Crippen LogP contribution in [0.1, 0.15) is 25.8 Å². The molecule has 2 nitrogen and oxygen atoms in total. The van der Waals surface area contributed by atoms with E-state index < -0.39 is 0 Å². The van der Waals surface area contributed by atoms with Crippen LogP contribution < -0.4 is 10.2 Å². The topological polar surface area (TPSA) is 15.3 Å². The standard InChI is InChI=1S/C15H23FN2/c1-4-12(3)15-10-18(6-5-17-15)14-8-11(2)7-13(16)9-14/h7-9,12,15,17H,4-6,10H2,1-3H3. The minimum Gasteiger partial charge on any atom is -0.369 e. The van der Waals surface area contributed by atoms with Gasteiger partial charge in [-0.3, -0.25) is 0 Å². The zero-order chi connectivity index (χ0) is 13.1. The van der Waals surface area contributed by atoms with E-state index in [2.05, 4.69) is 30.1 Å². The summed E-state index contributed by atoms with van der Waals surface area (Å²) in [6.45, 7) is 9.34. The molecule has 100 valence electrons. The molecule has 2 rings (SSSR count). The van der Waals surface area contributed by atoms with Crippen LogP contribution in [0.2, 0.25) is 0 Å². The molecule has 0 amide bonds. The van der Waals surface area contributed by atoms with E-state index in [9.17, 15) is 4.39 Å². The van der Waals surface area contributed by atoms with Gasteiger partial charge in [-0.1, -0.05) is 20.3 Å². The van der Waals surface area contributed by atoms with E-state index in [1.54, 1.807) is 12.1 Å². The second kappa shape index (κ2) is 5.70. The zero-order valence-corrected chi connectivity index (χ0v) is 11.5. The number of piperazine rings is 1. The molecule has 0 saturated carbocycles. The Labute approximate surface area is 109 Å². The summed E-state index contributed by atoms with van der Waals surface area (Å²) < 4.78 is 13.5. The predicted octanol–water partition coefficient (Wildman–Crippen LogP) is 2.96. The first-order chi connectivity index (χ1) is 8.60. The number of anilines is 1. The Morgan fingerprint density at radius 3 is 2.89 bits per heavy atom. The van der Waals surface area contributed by atoms with Gasteiger partial charge in [-0.2, -0.15) is 0 Å². The van der Waals surface area contributed by atoms with E-state index in [4.69, 9.17) is 0 Å². The van der Waals surface area contributed by atoms with E-state index in [0.717, 1.165) is 30.9 Å². The molecule has 1 fully saturated rings. The summed E-state index contributed by atoms with van der Waals surface area (Å²) in [5.41, 5.74) is 2.01. The number of aryl methyl sites for hydroxylation is 1. The van der Waals surface area contributed by atoms with Crippen molar-refractivity contribution in [1.29, 1.82) is 0 Å². The molecule has 0 radical (unpaired) electrons. The van der Waals surface area contributed by atoms with Crippen molar-refractivity contribution in [3.8, 4) is 0 Å². The summed E-state index contributed by atoms with van der Waals surface area (Å²) in [5.74, 6) is 0.520. The van der Waals surface area contributed by atoms with Crippen molar-refractivity contribution >= 4 is 5.69 Å². The molecule has 1 N–H and O–H groups in total. The lowest BCUT2D eigenvalue weighted by molar-refractivity contribution is 0.341. The summed E-state index contributed by atoms with van der Waals surface area (Å²) in [6.07, 6.45) is 1.17. The van der Waals surface area contributed by atoms with E-state index in [0.29, 0.717) is 12.0 Å². The van der Waals surface area contributed by atoms with Gasteiger partial charge >= 0.3 is 0 Å². The van der Waals surface area contributed by atoms with Gasteiger partial charge < -0.3 is 10.2 Å². The fraction of sp³-hybridized carbons (Fsp3) is 0.600. The van der Waals surface area contributed by atoms with Crippen LogP contribution in [0.3, 0.4) is 0 Å². The summed E-state index contributed by atoms with van der Waals surface area (Å²) >= 11 is 0. The summed E-state index contributed by atoms with van der Waals surface area (Å²) in [4.78, 5) is 2.30. The van der Waals surface area contributed by atoms with E-state index in [1.807, 2.05) is 6.92 Å². The third-order valence-electron chi connectivity index (χ3n) is 3.93. The molecule has 0 spiro atoms. The van der Waals surface area contributed by atoms with Crippen molar-refractivity contribution in [2.24, 2.45) is 5.92 Å². The molecule has 2 unspecified atom stereocenters. The average molecular weight is 250 g/mol. The highest BCUT2D eigenvalue weighted by Crippen LogP contribution is 2.21. The first kappa shape index (κ1) is 13.3. The van der Waals surface area contributed by atoms with Crippen molar-refractivity contribution in [3.63, 3.8) is 0 Å². The van der Waals surface area contributed by atoms with Crippen LogP contribution in [0.5, 0.6) is 0 Å². The highest BCUT2D eigenvalue weighted by Gasteiger charge is 2.23. The van der Waals surface area contributed by atoms with Crippen molar-refractivity contribution in [1.82, 2.24) is 5.32 Å². The smallest absolute Gasteiger partial charge is 0.125 e. The van der Waals surface area contributed by atoms with E-state index in [1.165, 1.54) is 6.42 Å². The highest BCUT2D eigenvalue weighted by atomic mass is 19.1. The van der Waals surface area contributed by atoms with Gasteiger partial charge in [0, 0.05) is 31.4 Å². The molecular formula is C15H23FN2. The molecule has 2 atom stereocenters.